The van der Waals surface area contributed by atoms with Gasteiger partial charge < -0.3 is 15.5 Å². The fourth-order valence-electron chi connectivity index (χ4n) is 2.07. The van der Waals surface area contributed by atoms with Gasteiger partial charge in [0, 0.05) is 18.3 Å². The second-order valence-electron chi connectivity index (χ2n) is 6.78. The van der Waals surface area contributed by atoms with Crippen molar-refractivity contribution < 1.29 is 14.4 Å². The van der Waals surface area contributed by atoms with Crippen LogP contribution in [0.4, 0.5) is 4.79 Å². The number of nitrogens with one attached hydrogen (secondary N) is 2. The quantitative estimate of drug-likeness (QED) is 0.735. The smallest absolute Gasteiger partial charge is 0.318 e. The van der Waals surface area contributed by atoms with Crippen molar-refractivity contribution in [3.8, 4) is 0 Å². The number of ketones is 1. The van der Waals surface area contributed by atoms with Gasteiger partial charge in [0.2, 0.25) is 5.91 Å². The number of urea groups is 1. The van der Waals surface area contributed by atoms with Crippen molar-refractivity contribution in [2.75, 3.05) is 13.6 Å². The number of Topliss-reactive ketones (excluding diaryl/α,β-unsaturated/α-hetero) is 1. The van der Waals surface area contributed by atoms with E-state index in [2.05, 4.69) is 29.5 Å². The van der Waals surface area contributed by atoms with Crippen LogP contribution < -0.4 is 10.6 Å². The molecule has 0 saturated carbocycles. The number of rotatable bonds is 8. The molecule has 0 radical (unpaired) electrons. The lowest BCUT2D eigenvalue weighted by Crippen LogP contribution is -2.53. The Balaban J connectivity index is 2.65. The van der Waals surface area contributed by atoms with Gasteiger partial charge in [0.25, 0.3) is 0 Å². The maximum Gasteiger partial charge on any atom is 0.318 e. The Morgan fingerprint density at radius 3 is 2.36 bits per heavy atom. The molecule has 3 amide bonds. The second-order valence-corrected chi connectivity index (χ2v) is 7.67. The third kappa shape index (κ3) is 6.81. The Morgan fingerprint density at radius 1 is 1.24 bits per heavy atom. The summed E-state index contributed by atoms with van der Waals surface area (Å²) < 4.78 is 0. The highest BCUT2D eigenvalue weighted by atomic mass is 32.1. The molecule has 0 aliphatic carbocycles. The van der Waals surface area contributed by atoms with Gasteiger partial charge >= 0.3 is 6.03 Å². The second kappa shape index (κ2) is 9.50. The molecule has 0 spiro atoms. The molecule has 1 heterocycles. The summed E-state index contributed by atoms with van der Waals surface area (Å²) in [6, 6.07) is -1.05. The highest BCUT2D eigenvalue weighted by Crippen LogP contribution is 2.19. The molecule has 0 saturated heterocycles. The third-order valence-corrected chi connectivity index (χ3v) is 4.74. The zero-order valence-electron chi connectivity index (χ0n) is 15.8. The van der Waals surface area contributed by atoms with Crippen molar-refractivity contribution in [2.24, 2.45) is 5.92 Å². The minimum atomic E-state index is -0.698. The van der Waals surface area contributed by atoms with Gasteiger partial charge in [0.05, 0.1) is 23.8 Å². The molecular formula is C17H28N4O3S. The van der Waals surface area contributed by atoms with E-state index in [0.29, 0.717) is 12.5 Å². The molecule has 8 heteroatoms. The molecule has 2 N–H and O–H groups in total. The van der Waals surface area contributed by atoms with Gasteiger partial charge in [0.15, 0.2) is 0 Å². The topological polar surface area (TPSA) is 91.4 Å². The number of hydrogen-bond acceptors (Lipinski definition) is 5. The monoisotopic (exact) mass is 368 g/mol. The first kappa shape index (κ1) is 21.1. The van der Waals surface area contributed by atoms with Gasteiger partial charge in [0.1, 0.15) is 11.8 Å². The van der Waals surface area contributed by atoms with Crippen LogP contribution in [-0.4, -0.2) is 47.2 Å². The van der Waals surface area contributed by atoms with E-state index in [1.54, 1.807) is 18.4 Å². The molecule has 0 bridgehead atoms. The van der Waals surface area contributed by atoms with E-state index in [9.17, 15) is 14.4 Å². The maximum absolute atomic E-state index is 12.4. The summed E-state index contributed by atoms with van der Waals surface area (Å²) in [5.41, 5.74) is 0.827. The van der Waals surface area contributed by atoms with Crippen molar-refractivity contribution >= 4 is 29.1 Å². The third-order valence-electron chi connectivity index (χ3n) is 3.55. The predicted molar refractivity (Wildman–Crippen MR) is 98.5 cm³/mol. The first-order valence-electron chi connectivity index (χ1n) is 8.34. The lowest BCUT2D eigenvalue weighted by molar-refractivity contribution is -0.126. The molecule has 1 unspecified atom stereocenters. The minimum absolute atomic E-state index is 0.0371. The van der Waals surface area contributed by atoms with Crippen LogP contribution in [0.5, 0.6) is 0 Å². The molecule has 140 valence electrons. The standard InChI is InChI=1S/C17H28N4O3S/c1-10(2)14(15(23)18-7-12(5)22)20-17(24)21(6)8-13-9-25-16(19-13)11(3)4/h9-11,14H,7-8H2,1-6H3,(H,18,23)(H,20,24). The summed E-state index contributed by atoms with van der Waals surface area (Å²) in [5, 5.41) is 8.25. The number of hydrogen-bond donors (Lipinski definition) is 2. The molecule has 1 aromatic heterocycles. The van der Waals surface area contributed by atoms with Gasteiger partial charge in [-0.1, -0.05) is 27.7 Å². The normalized spacial score (nSPS) is 12.2. The van der Waals surface area contributed by atoms with Crippen LogP contribution >= 0.6 is 11.3 Å². The average Bonchev–Trinajstić information content (AvgIpc) is 2.98. The Kier molecular flexibility index (Phi) is 8.02. The number of nitrogens with zero attached hydrogens (tertiary/aromatic N) is 2. The first-order chi connectivity index (χ1) is 11.6. The van der Waals surface area contributed by atoms with Crippen LogP contribution in [0.3, 0.4) is 0 Å². The lowest BCUT2D eigenvalue weighted by Gasteiger charge is -2.25. The van der Waals surface area contributed by atoms with Crippen LogP contribution in [0.2, 0.25) is 0 Å². The van der Waals surface area contributed by atoms with Gasteiger partial charge in [-0.25, -0.2) is 9.78 Å². The summed E-state index contributed by atoms with van der Waals surface area (Å²) in [4.78, 5) is 41.6. The van der Waals surface area contributed by atoms with Crippen LogP contribution in [0.25, 0.3) is 0 Å². The van der Waals surface area contributed by atoms with E-state index >= 15 is 0 Å². The number of carbonyl (C=O) groups excluding carboxylic acids is 3. The molecule has 0 aromatic carbocycles. The molecule has 0 aliphatic heterocycles. The molecular weight excluding hydrogens is 340 g/mol. The molecule has 25 heavy (non-hydrogen) atoms. The Morgan fingerprint density at radius 2 is 1.88 bits per heavy atom. The largest absolute Gasteiger partial charge is 0.347 e. The number of aromatic nitrogens is 1. The van der Waals surface area contributed by atoms with Crippen molar-refractivity contribution in [3.63, 3.8) is 0 Å². The van der Waals surface area contributed by atoms with Crippen molar-refractivity contribution in [1.29, 1.82) is 0 Å². The predicted octanol–water partition coefficient (Wildman–Crippen LogP) is 2.14. The zero-order valence-corrected chi connectivity index (χ0v) is 16.6. The number of thiazole rings is 1. The maximum atomic E-state index is 12.4. The fourth-order valence-corrected chi connectivity index (χ4v) is 2.90. The lowest BCUT2D eigenvalue weighted by atomic mass is 10.0. The van der Waals surface area contributed by atoms with Crippen LogP contribution in [0, 0.1) is 5.92 Å². The summed E-state index contributed by atoms with van der Waals surface area (Å²) in [6.07, 6.45) is 0. The molecule has 1 atom stereocenters. The van der Waals surface area contributed by atoms with E-state index in [1.807, 2.05) is 19.2 Å². The fraction of sp³-hybridized carbons (Fsp3) is 0.647. The van der Waals surface area contributed by atoms with E-state index < -0.39 is 6.04 Å². The van der Waals surface area contributed by atoms with Crippen molar-refractivity contribution in [2.45, 2.75) is 53.1 Å². The highest BCUT2D eigenvalue weighted by Gasteiger charge is 2.25. The van der Waals surface area contributed by atoms with Gasteiger partial charge in [-0.15, -0.1) is 11.3 Å². The zero-order chi connectivity index (χ0) is 19.1. The Bertz CT molecular complexity index is 613. The van der Waals surface area contributed by atoms with Gasteiger partial charge in [-0.2, -0.15) is 0 Å². The average molecular weight is 369 g/mol. The van der Waals surface area contributed by atoms with Crippen LogP contribution in [-0.2, 0) is 16.1 Å². The summed E-state index contributed by atoms with van der Waals surface area (Å²) in [6.45, 7) is 9.56. The molecule has 0 aliphatic rings. The summed E-state index contributed by atoms with van der Waals surface area (Å²) in [7, 11) is 1.66. The van der Waals surface area contributed by atoms with Crippen molar-refractivity contribution in [1.82, 2.24) is 20.5 Å². The summed E-state index contributed by atoms with van der Waals surface area (Å²) >= 11 is 1.58. The summed E-state index contributed by atoms with van der Waals surface area (Å²) in [5.74, 6) is -0.240. The van der Waals surface area contributed by atoms with Crippen molar-refractivity contribution in [3.05, 3.63) is 16.1 Å². The molecule has 1 rings (SSSR count). The molecule has 1 aromatic rings. The number of carbonyl (C=O) groups is 3. The van der Waals surface area contributed by atoms with E-state index in [4.69, 9.17) is 0 Å². The molecule has 7 nitrogen and oxygen atoms in total. The molecule has 0 fully saturated rings. The highest BCUT2D eigenvalue weighted by molar-refractivity contribution is 7.09. The number of amides is 3. The van der Waals surface area contributed by atoms with E-state index in [-0.39, 0.29) is 30.2 Å². The van der Waals surface area contributed by atoms with Crippen LogP contribution in [0.15, 0.2) is 5.38 Å². The Hall–Kier alpha value is -1.96. The van der Waals surface area contributed by atoms with Gasteiger partial charge in [-0.05, 0) is 12.8 Å². The van der Waals surface area contributed by atoms with E-state index in [0.717, 1.165) is 10.7 Å². The van der Waals surface area contributed by atoms with E-state index in [1.165, 1.54) is 11.8 Å². The van der Waals surface area contributed by atoms with Gasteiger partial charge in [-0.3, -0.25) is 9.59 Å². The Labute approximate surface area is 153 Å². The minimum Gasteiger partial charge on any atom is -0.347 e. The van der Waals surface area contributed by atoms with Crippen LogP contribution in [0.1, 0.15) is 51.2 Å². The SMILES string of the molecule is CC(=O)CNC(=O)C(NC(=O)N(C)Cc1csc(C(C)C)n1)C(C)C. The first-order valence-corrected chi connectivity index (χ1v) is 9.22.